The van der Waals surface area contributed by atoms with Gasteiger partial charge in [-0.25, -0.2) is 32.6 Å². The Bertz CT molecular complexity index is 3100. The molecule has 0 spiro atoms. The van der Waals surface area contributed by atoms with Crippen LogP contribution in [0.1, 0.15) is 85.5 Å². The molecule has 17 nitrogen and oxygen atoms in total. The van der Waals surface area contributed by atoms with Gasteiger partial charge in [0.25, 0.3) is 0 Å². The molecule has 7 heterocycles. The van der Waals surface area contributed by atoms with E-state index in [1.807, 2.05) is 63.2 Å². The minimum atomic E-state index is -3.08. The summed E-state index contributed by atoms with van der Waals surface area (Å²) in [6.45, 7) is 11.8. The van der Waals surface area contributed by atoms with E-state index in [4.69, 9.17) is 0 Å². The van der Waals surface area contributed by atoms with Crippen molar-refractivity contribution in [3.8, 4) is 11.1 Å². The highest BCUT2D eigenvalue weighted by Gasteiger charge is 2.44. The topological polar surface area (TPSA) is 200 Å². The molecule has 6 aromatic rings. The van der Waals surface area contributed by atoms with Crippen LogP contribution in [0.2, 0.25) is 0 Å². The number of nitrogens with zero attached hydrogens (tertiary/aromatic N) is 8. The fraction of sp³-hybridized carbons (Fsp3) is 0.446. The van der Waals surface area contributed by atoms with Crippen molar-refractivity contribution in [2.75, 3.05) is 81.3 Å². The number of halogens is 3. The first-order valence-electron chi connectivity index (χ1n) is 26.4. The number of piperazine rings is 1. The van der Waals surface area contributed by atoms with E-state index in [0.717, 1.165) is 98.3 Å². The second-order valence-corrected chi connectivity index (χ2v) is 22.7. The van der Waals surface area contributed by atoms with E-state index in [2.05, 4.69) is 52.1 Å². The van der Waals surface area contributed by atoms with Gasteiger partial charge in [-0.3, -0.25) is 23.5 Å². The number of nitrogens with one attached hydrogen (secondary N) is 3. The number of carbonyl (C=O) groups is 3. The first kappa shape index (κ1) is 53.9. The quantitative estimate of drug-likeness (QED) is 0.0623. The molecular formula is C56H65F3N11O6S-. The summed E-state index contributed by atoms with van der Waals surface area (Å²) in [4.78, 5) is 65.9. The maximum Gasteiger partial charge on any atom is 0.246 e. The number of ketones is 1. The molecule has 77 heavy (non-hydrogen) atoms. The molecule has 4 aliphatic heterocycles. The predicted octanol–water partition coefficient (Wildman–Crippen LogP) is 6.31. The molecule has 408 valence electrons. The molecule has 1 unspecified atom stereocenters. The summed E-state index contributed by atoms with van der Waals surface area (Å²) in [5.41, 5.74) is 2.77. The second-order valence-electron chi connectivity index (χ2n) is 22.0. The Labute approximate surface area is 448 Å². The zero-order chi connectivity index (χ0) is 54.1. The summed E-state index contributed by atoms with van der Waals surface area (Å²) in [6.07, 6.45) is 5.83. The maximum absolute atomic E-state index is 16.1. The molecule has 0 bridgehead atoms. The van der Waals surface area contributed by atoms with Crippen LogP contribution < -0.4 is 14.6 Å². The lowest BCUT2D eigenvalue weighted by Gasteiger charge is -2.39. The Morgan fingerprint density at radius 1 is 0.896 bits per heavy atom. The number of piperidine rings is 1. The molecule has 4 fully saturated rings. The first-order valence-corrected chi connectivity index (χ1v) is 27.4. The van der Waals surface area contributed by atoms with Crippen LogP contribution in [-0.4, -0.2) is 161 Å². The number of imidazole rings is 1. The lowest BCUT2D eigenvalue weighted by molar-refractivity contribution is -0.141. The number of hydrogen-bond donors (Lipinski definition) is 4. The highest BCUT2D eigenvalue weighted by atomic mass is 32.2. The number of aromatic amines is 2. The first-order chi connectivity index (χ1) is 37.0. The van der Waals surface area contributed by atoms with Crippen molar-refractivity contribution in [3.63, 3.8) is 0 Å². The van der Waals surface area contributed by atoms with Gasteiger partial charge in [0.1, 0.15) is 35.2 Å². The number of rotatable bonds is 16. The van der Waals surface area contributed by atoms with E-state index in [9.17, 15) is 32.6 Å². The number of carbonyl (C=O) groups excluding carboxylic acids is 3. The van der Waals surface area contributed by atoms with Crippen LogP contribution in [0, 0.1) is 23.0 Å². The number of anilines is 2. The molecule has 21 heteroatoms. The smallest absolute Gasteiger partial charge is 0.246 e. The van der Waals surface area contributed by atoms with E-state index < -0.39 is 69.7 Å². The number of alkyl halides is 1. The third kappa shape index (κ3) is 12.0. The van der Waals surface area contributed by atoms with Crippen LogP contribution in [0.15, 0.2) is 91.4 Å². The van der Waals surface area contributed by atoms with E-state index in [1.54, 1.807) is 23.4 Å². The summed E-state index contributed by atoms with van der Waals surface area (Å²) in [6, 6.07) is 20.3. The molecule has 3 aromatic heterocycles. The number of aliphatic hydroxyl groups is 1. The summed E-state index contributed by atoms with van der Waals surface area (Å²) in [5.74, 6) is -2.85. The van der Waals surface area contributed by atoms with Crippen LogP contribution in [-0.2, 0) is 27.3 Å². The van der Waals surface area contributed by atoms with Gasteiger partial charge >= 0.3 is 0 Å². The summed E-state index contributed by atoms with van der Waals surface area (Å²) in [5, 5.41) is 15.3. The number of likely N-dealkylation sites (tertiary alicyclic amines) is 1. The number of benzene rings is 3. The summed E-state index contributed by atoms with van der Waals surface area (Å²) < 4.78 is 70.4. The van der Waals surface area contributed by atoms with Crippen molar-refractivity contribution < 1.29 is 41.4 Å². The molecule has 0 saturated carbocycles. The van der Waals surface area contributed by atoms with Crippen LogP contribution in [0.25, 0.3) is 22.2 Å². The fourth-order valence-electron chi connectivity index (χ4n) is 11.3. The lowest BCUT2D eigenvalue weighted by atomic mass is 9.85. The van der Waals surface area contributed by atoms with Crippen molar-refractivity contribution in [1.29, 1.82) is 0 Å². The Morgan fingerprint density at radius 3 is 2.31 bits per heavy atom. The van der Waals surface area contributed by atoms with Crippen molar-refractivity contribution in [2.24, 2.45) is 11.3 Å². The zero-order valence-corrected chi connectivity index (χ0v) is 44.3. The molecule has 0 radical (unpaired) electrons. The molecular weight excluding hydrogens is 1010 g/mol. The van der Waals surface area contributed by atoms with Gasteiger partial charge in [0.05, 0.1) is 42.1 Å². The SMILES string of the molecule is CC(C)(C)[C@H](NC(=O)CN1CCN(CC2CCN(c3ccc(-c4cnc5[nH]cc(C(=O)c6c(F)ccc(N(N7CC[C@@H](F)C7)S(=O)[O-])c6F)c5c4)cc3)CC2)CC1)C(=O)N1C[C@H](O)C[C@H]1c1ncc(Cc2ccccc2)[nH]1. The number of fused-ring (bicyclic) bond motifs is 1. The number of β-amino-alcohol motifs (C(OH)–C–C–N with tert-alkyl or cyclic N) is 1. The van der Waals surface area contributed by atoms with Gasteiger partial charge in [0, 0.05) is 118 Å². The van der Waals surface area contributed by atoms with Crippen LogP contribution >= 0.6 is 0 Å². The van der Waals surface area contributed by atoms with Gasteiger partial charge in [-0.1, -0.05) is 63.2 Å². The third-order valence-corrected chi connectivity index (χ3v) is 16.2. The minimum absolute atomic E-state index is 0.00844. The Balaban J connectivity index is 0.698. The highest BCUT2D eigenvalue weighted by molar-refractivity contribution is 7.80. The summed E-state index contributed by atoms with van der Waals surface area (Å²) >= 11 is -3.08. The molecule has 3 aromatic carbocycles. The number of hydrogen-bond acceptors (Lipinski definition) is 12. The number of pyridine rings is 1. The highest BCUT2D eigenvalue weighted by Crippen LogP contribution is 2.36. The van der Waals surface area contributed by atoms with E-state index in [-0.39, 0.29) is 50.0 Å². The standard InChI is InChI=1S/C56H66F3N11O6S/c1-56(2,3)52(55(74)69-33-42(71)27-47(69)54-61-29-40(63-54)25-35-7-5-4-6-8-35)64-48(72)34-66-23-21-65(22-24-66)31-36-15-18-67(19-16-36)41-11-9-37(10-12-41)38-26-43-44(30-62-53(43)60-28-38)51(73)49-45(58)13-14-46(50(49)59)70(77(75)76)68-20-17-39(57)32-68/h4-14,26,28-30,36,39,42,47,52,71H,15-25,27,31-34H2,1-3H3,(H,60,62)(H,61,63)(H,64,72)(H,75,76)/p-1/t39-,42-,47+,52-/m1/s1. The van der Waals surface area contributed by atoms with Crippen molar-refractivity contribution in [2.45, 2.75) is 77.2 Å². The van der Waals surface area contributed by atoms with Crippen molar-refractivity contribution >= 4 is 51.3 Å². The third-order valence-electron chi connectivity index (χ3n) is 15.5. The second kappa shape index (κ2) is 22.8. The Morgan fingerprint density at radius 2 is 1.62 bits per heavy atom. The number of H-pyrrole nitrogens is 2. The van der Waals surface area contributed by atoms with Gasteiger partial charge in [-0.2, -0.15) is 0 Å². The van der Waals surface area contributed by atoms with Crippen molar-refractivity contribution in [3.05, 3.63) is 131 Å². The minimum Gasteiger partial charge on any atom is -0.754 e. The van der Waals surface area contributed by atoms with E-state index in [1.165, 1.54) is 6.20 Å². The van der Waals surface area contributed by atoms with Crippen molar-refractivity contribution in [1.82, 2.24) is 45.0 Å². The number of hydrazine groups is 1. The average Bonchev–Trinajstić information content (AvgIpc) is 4.26. The number of amides is 2. The molecule has 4 saturated heterocycles. The Hall–Kier alpha value is -6.49. The maximum atomic E-state index is 16.1. The monoisotopic (exact) mass is 1080 g/mol. The van der Waals surface area contributed by atoms with E-state index >= 15 is 8.78 Å². The van der Waals surface area contributed by atoms with Gasteiger partial charge in [-0.05, 0) is 72.1 Å². The van der Waals surface area contributed by atoms with Crippen LogP contribution in [0.4, 0.5) is 24.5 Å². The zero-order valence-electron chi connectivity index (χ0n) is 43.5. The van der Waals surface area contributed by atoms with Gasteiger partial charge in [-0.15, -0.1) is 0 Å². The predicted molar refractivity (Wildman–Crippen MR) is 286 cm³/mol. The molecule has 4 N–H and O–H groups in total. The largest absolute Gasteiger partial charge is 0.754 e. The molecule has 2 amide bonds. The summed E-state index contributed by atoms with van der Waals surface area (Å²) in [7, 11) is 0. The normalized spacial score (nSPS) is 21.0. The van der Waals surface area contributed by atoms with Gasteiger partial charge in [0.15, 0.2) is 5.82 Å². The lowest BCUT2D eigenvalue weighted by Crippen LogP contribution is -2.57. The van der Waals surface area contributed by atoms with Crippen LogP contribution in [0.3, 0.4) is 0 Å². The Kier molecular flexibility index (Phi) is 16.0. The average molecular weight is 1080 g/mol. The molecule has 0 aliphatic carbocycles. The van der Waals surface area contributed by atoms with Crippen LogP contribution in [0.5, 0.6) is 0 Å². The van der Waals surface area contributed by atoms with Gasteiger partial charge < -0.3 is 39.6 Å². The number of aromatic nitrogens is 4. The fourth-order valence-corrected chi connectivity index (χ4v) is 11.9. The number of aliphatic hydroxyl groups excluding tert-OH is 1. The van der Waals surface area contributed by atoms with Gasteiger partial charge in [0.2, 0.25) is 17.6 Å². The molecule has 4 aliphatic rings. The van der Waals surface area contributed by atoms with E-state index in [0.29, 0.717) is 45.6 Å². The molecule has 5 atom stereocenters. The molecule has 10 rings (SSSR count).